The van der Waals surface area contributed by atoms with Gasteiger partial charge in [-0.15, -0.1) is 0 Å². The van der Waals surface area contributed by atoms with Crippen LogP contribution in [0.1, 0.15) is 59.3 Å². The van der Waals surface area contributed by atoms with Crippen LogP contribution in [0.5, 0.6) is 0 Å². The van der Waals surface area contributed by atoms with Crippen LogP contribution in [0, 0.1) is 0 Å². The van der Waals surface area contributed by atoms with E-state index in [0.717, 1.165) is 0 Å². The SMILES string of the molecule is CCC[CH2][Sn]([CH2]/C=C/OC)([CH2]CCC)[CH2]CCC. The van der Waals surface area contributed by atoms with E-state index < -0.39 is 18.4 Å². The second kappa shape index (κ2) is 12.4. The normalized spacial score (nSPS) is 12.2. The summed E-state index contributed by atoms with van der Waals surface area (Å²) in [4.78, 5) is 0. The van der Waals surface area contributed by atoms with Gasteiger partial charge in [0.1, 0.15) is 0 Å². The summed E-state index contributed by atoms with van der Waals surface area (Å²) in [6, 6.07) is 0. The molecule has 0 aliphatic carbocycles. The topological polar surface area (TPSA) is 9.23 Å². The van der Waals surface area contributed by atoms with E-state index in [1.807, 2.05) is 6.26 Å². The fourth-order valence-electron chi connectivity index (χ4n) is 2.73. The number of hydrogen-bond acceptors (Lipinski definition) is 1. The summed E-state index contributed by atoms with van der Waals surface area (Å²) in [6.07, 6.45) is 12.7. The van der Waals surface area contributed by atoms with Gasteiger partial charge in [0.25, 0.3) is 0 Å². The molecule has 1 nitrogen and oxygen atoms in total. The van der Waals surface area contributed by atoms with Crippen molar-refractivity contribution in [3.8, 4) is 0 Å². The van der Waals surface area contributed by atoms with Gasteiger partial charge in [0, 0.05) is 0 Å². The molecule has 0 bridgehead atoms. The molecule has 0 aromatic rings. The van der Waals surface area contributed by atoms with Crippen LogP contribution < -0.4 is 0 Å². The molecule has 0 saturated heterocycles. The summed E-state index contributed by atoms with van der Waals surface area (Å²) in [5.41, 5.74) is 0. The summed E-state index contributed by atoms with van der Waals surface area (Å²) in [7, 11) is 1.76. The predicted octanol–water partition coefficient (Wildman–Crippen LogP) is 6.00. The van der Waals surface area contributed by atoms with Crippen LogP contribution in [-0.2, 0) is 4.74 Å². The minimum atomic E-state index is -1.88. The summed E-state index contributed by atoms with van der Waals surface area (Å²) in [6.45, 7) is 7.00. The Labute approximate surface area is 119 Å². The minimum absolute atomic E-state index is 1.37. The Morgan fingerprint density at radius 3 is 1.61 bits per heavy atom. The van der Waals surface area contributed by atoms with E-state index in [0.29, 0.717) is 0 Å². The van der Waals surface area contributed by atoms with E-state index in [1.54, 1.807) is 20.4 Å². The van der Waals surface area contributed by atoms with Crippen molar-refractivity contribution in [2.45, 2.75) is 77.0 Å². The first-order valence-electron chi connectivity index (χ1n) is 7.92. The van der Waals surface area contributed by atoms with Gasteiger partial charge >= 0.3 is 120 Å². The molecule has 2 heteroatoms. The molecule has 0 heterocycles. The molecule has 0 rings (SSSR count). The number of hydrogen-bond donors (Lipinski definition) is 0. The van der Waals surface area contributed by atoms with Crippen molar-refractivity contribution in [1.82, 2.24) is 0 Å². The number of methoxy groups -OCH3 is 1. The van der Waals surface area contributed by atoms with Crippen LogP contribution >= 0.6 is 0 Å². The Morgan fingerprint density at radius 2 is 1.28 bits per heavy atom. The molecule has 0 atom stereocenters. The Balaban J connectivity index is 4.56. The molecule has 0 unspecified atom stereocenters. The van der Waals surface area contributed by atoms with Crippen molar-refractivity contribution < 1.29 is 4.74 Å². The first-order valence-corrected chi connectivity index (χ1v) is 16.0. The van der Waals surface area contributed by atoms with Crippen LogP contribution in [0.25, 0.3) is 0 Å². The third-order valence-corrected chi connectivity index (χ3v) is 19.2. The maximum atomic E-state index is 5.10. The van der Waals surface area contributed by atoms with Gasteiger partial charge in [0.15, 0.2) is 0 Å². The van der Waals surface area contributed by atoms with E-state index in [9.17, 15) is 0 Å². The number of allylic oxidation sites excluding steroid dienone is 1. The van der Waals surface area contributed by atoms with E-state index in [2.05, 4.69) is 26.8 Å². The van der Waals surface area contributed by atoms with Gasteiger partial charge in [0.2, 0.25) is 0 Å². The molecule has 0 aliphatic rings. The van der Waals surface area contributed by atoms with E-state index in [4.69, 9.17) is 4.74 Å². The first-order chi connectivity index (χ1) is 8.74. The van der Waals surface area contributed by atoms with E-state index >= 15 is 0 Å². The van der Waals surface area contributed by atoms with E-state index in [1.165, 1.54) is 43.0 Å². The molecule has 0 N–H and O–H groups in total. The number of ether oxygens (including phenoxy) is 1. The van der Waals surface area contributed by atoms with Gasteiger partial charge in [-0.3, -0.25) is 0 Å². The van der Waals surface area contributed by atoms with Gasteiger partial charge in [-0.05, 0) is 0 Å². The van der Waals surface area contributed by atoms with Crippen LogP contribution in [0.15, 0.2) is 12.3 Å². The van der Waals surface area contributed by atoms with Crippen LogP contribution in [0.4, 0.5) is 0 Å². The van der Waals surface area contributed by atoms with E-state index in [-0.39, 0.29) is 0 Å². The molecular weight excluding hydrogens is 327 g/mol. The maximum absolute atomic E-state index is 5.10. The standard InChI is InChI=1S/C4H7O.3C4H9.Sn/c1-3-4-5-2;3*1-3-4-2;/h3-4H,1H2,2H3;3*1,3-4H2,2H3;/b4-3+;;;;. The molecule has 18 heavy (non-hydrogen) atoms. The Hall–Kier alpha value is 0.339. The summed E-state index contributed by atoms with van der Waals surface area (Å²) >= 11 is -1.88. The van der Waals surface area contributed by atoms with Crippen molar-refractivity contribution in [2.75, 3.05) is 7.11 Å². The third kappa shape index (κ3) is 8.44. The quantitative estimate of drug-likeness (QED) is 0.306. The van der Waals surface area contributed by atoms with Crippen LogP contribution in [0.3, 0.4) is 0 Å². The van der Waals surface area contributed by atoms with Gasteiger partial charge in [-0.1, -0.05) is 0 Å². The molecule has 0 aromatic heterocycles. The van der Waals surface area contributed by atoms with Crippen molar-refractivity contribution in [3.05, 3.63) is 12.3 Å². The average molecular weight is 361 g/mol. The first kappa shape index (κ1) is 18.3. The van der Waals surface area contributed by atoms with Crippen molar-refractivity contribution >= 4 is 18.4 Å². The molecule has 0 spiro atoms. The molecule has 0 saturated carbocycles. The summed E-state index contributed by atoms with van der Waals surface area (Å²) in [5.74, 6) is 0. The zero-order valence-corrected chi connectivity index (χ0v) is 16.0. The third-order valence-electron chi connectivity index (χ3n) is 3.97. The molecule has 0 radical (unpaired) electrons. The Kier molecular flexibility index (Phi) is 12.6. The predicted molar refractivity (Wildman–Crippen MR) is 85.9 cm³/mol. The van der Waals surface area contributed by atoms with Gasteiger partial charge < -0.3 is 0 Å². The molecule has 0 aromatic carbocycles. The van der Waals surface area contributed by atoms with Crippen LogP contribution in [0.2, 0.25) is 17.7 Å². The van der Waals surface area contributed by atoms with Crippen molar-refractivity contribution in [2.24, 2.45) is 0 Å². The number of rotatable bonds is 12. The molecular formula is C16H34OSn. The zero-order valence-electron chi connectivity index (χ0n) is 13.1. The molecule has 0 fully saturated rings. The Morgan fingerprint density at radius 1 is 0.833 bits per heavy atom. The monoisotopic (exact) mass is 362 g/mol. The average Bonchev–Trinajstić information content (AvgIpc) is 2.40. The Bertz CT molecular complexity index is 179. The van der Waals surface area contributed by atoms with Crippen molar-refractivity contribution in [3.63, 3.8) is 0 Å². The second-order valence-corrected chi connectivity index (χ2v) is 19.6. The van der Waals surface area contributed by atoms with Gasteiger partial charge in [0.05, 0.1) is 0 Å². The summed E-state index contributed by atoms with van der Waals surface area (Å²) < 4.78 is 11.3. The fourth-order valence-corrected chi connectivity index (χ4v) is 17.8. The molecule has 0 aliphatic heterocycles. The molecule has 108 valence electrons. The molecule has 0 amide bonds. The van der Waals surface area contributed by atoms with Crippen LogP contribution in [-0.4, -0.2) is 25.5 Å². The number of unbranched alkanes of at least 4 members (excludes halogenated alkanes) is 3. The fraction of sp³-hybridized carbons (Fsp3) is 0.875. The van der Waals surface area contributed by atoms with Gasteiger partial charge in [-0.25, -0.2) is 0 Å². The van der Waals surface area contributed by atoms with Crippen molar-refractivity contribution in [1.29, 1.82) is 0 Å². The van der Waals surface area contributed by atoms with Gasteiger partial charge in [-0.2, -0.15) is 0 Å². The zero-order chi connectivity index (χ0) is 13.7. The second-order valence-electron chi connectivity index (χ2n) is 5.62. The summed E-state index contributed by atoms with van der Waals surface area (Å²) in [5, 5.41) is 0.